The van der Waals surface area contributed by atoms with Gasteiger partial charge in [0.1, 0.15) is 5.82 Å². The fourth-order valence-electron chi connectivity index (χ4n) is 1.56. The van der Waals surface area contributed by atoms with Crippen LogP contribution >= 0.6 is 0 Å². The molecule has 0 fully saturated rings. The number of aryl methyl sites for hydroxylation is 1. The number of hydrogen-bond acceptors (Lipinski definition) is 3. The van der Waals surface area contributed by atoms with Crippen molar-refractivity contribution in [3.63, 3.8) is 0 Å². The van der Waals surface area contributed by atoms with Crippen LogP contribution in [0.25, 0.3) is 0 Å². The van der Waals surface area contributed by atoms with Crippen molar-refractivity contribution in [3.8, 4) is 0 Å². The molecule has 0 amide bonds. The molecule has 0 saturated carbocycles. The number of benzene rings is 1. The van der Waals surface area contributed by atoms with Crippen LogP contribution in [0.4, 0.5) is 30.4 Å². The Kier molecular flexibility index (Phi) is 3.33. The summed E-state index contributed by atoms with van der Waals surface area (Å²) in [5.41, 5.74) is 6.59. The Morgan fingerprint density at radius 2 is 1.95 bits per heavy atom. The number of nitrogens with zero attached hydrogens (tertiary/aromatic N) is 1. The fraction of sp³-hybridized carbons (Fsp3) is 0.154. The van der Waals surface area contributed by atoms with Gasteiger partial charge in [-0.05, 0) is 36.8 Å². The number of hydrogen-bond donors (Lipinski definition) is 2. The van der Waals surface area contributed by atoms with E-state index in [9.17, 15) is 13.2 Å². The first-order chi connectivity index (χ1) is 8.86. The average Bonchev–Trinajstić information content (AvgIpc) is 2.33. The van der Waals surface area contributed by atoms with Crippen molar-refractivity contribution >= 4 is 17.2 Å². The molecule has 1 aromatic carbocycles. The van der Waals surface area contributed by atoms with Gasteiger partial charge in [0.15, 0.2) is 0 Å². The molecule has 1 aromatic heterocycles. The Morgan fingerprint density at radius 1 is 1.21 bits per heavy atom. The lowest BCUT2D eigenvalue weighted by Gasteiger charge is -2.11. The Hall–Kier alpha value is -2.24. The summed E-state index contributed by atoms with van der Waals surface area (Å²) >= 11 is 0. The van der Waals surface area contributed by atoms with Gasteiger partial charge in [0, 0.05) is 5.69 Å². The molecule has 0 saturated heterocycles. The number of rotatable bonds is 2. The third-order valence-electron chi connectivity index (χ3n) is 2.61. The molecule has 0 atom stereocenters. The van der Waals surface area contributed by atoms with E-state index < -0.39 is 11.7 Å². The molecule has 0 bridgehead atoms. The highest BCUT2D eigenvalue weighted by Gasteiger charge is 2.30. The first-order valence-corrected chi connectivity index (χ1v) is 5.52. The highest BCUT2D eigenvalue weighted by Crippen LogP contribution is 2.31. The van der Waals surface area contributed by atoms with Crippen molar-refractivity contribution in [1.29, 1.82) is 0 Å². The van der Waals surface area contributed by atoms with E-state index in [1.54, 1.807) is 19.1 Å². The first kappa shape index (κ1) is 13.2. The number of anilines is 3. The predicted molar refractivity (Wildman–Crippen MR) is 68.1 cm³/mol. The van der Waals surface area contributed by atoms with E-state index >= 15 is 0 Å². The molecule has 0 radical (unpaired) electrons. The van der Waals surface area contributed by atoms with Crippen molar-refractivity contribution in [3.05, 3.63) is 47.7 Å². The van der Waals surface area contributed by atoms with Crippen LogP contribution in [0.2, 0.25) is 0 Å². The number of halogens is 3. The standard InChI is InChI=1S/C13H12F3N3/c1-8-5-12(18-7-11(8)17)19-10-4-2-3-9(6-10)13(14,15)16/h2-7H,17H2,1H3,(H,18,19). The van der Waals surface area contributed by atoms with Crippen molar-refractivity contribution in [2.24, 2.45) is 0 Å². The second kappa shape index (κ2) is 4.79. The van der Waals surface area contributed by atoms with Crippen molar-refractivity contribution in [2.75, 3.05) is 11.1 Å². The maximum Gasteiger partial charge on any atom is 0.416 e. The van der Waals surface area contributed by atoms with Gasteiger partial charge in [-0.2, -0.15) is 13.2 Å². The van der Waals surface area contributed by atoms with Gasteiger partial charge >= 0.3 is 6.18 Å². The van der Waals surface area contributed by atoms with Crippen LogP contribution in [-0.2, 0) is 6.18 Å². The van der Waals surface area contributed by atoms with Crippen LogP contribution in [0, 0.1) is 6.92 Å². The Labute approximate surface area is 108 Å². The summed E-state index contributed by atoms with van der Waals surface area (Å²) in [5.74, 6) is 0.450. The quantitative estimate of drug-likeness (QED) is 0.871. The molecule has 0 aliphatic heterocycles. The summed E-state index contributed by atoms with van der Waals surface area (Å²) in [6, 6.07) is 6.62. The molecule has 0 aliphatic carbocycles. The maximum absolute atomic E-state index is 12.6. The number of nitrogens with one attached hydrogen (secondary N) is 1. The number of nitrogens with two attached hydrogens (primary N) is 1. The maximum atomic E-state index is 12.6. The molecule has 0 spiro atoms. The van der Waals surface area contributed by atoms with E-state index in [1.165, 1.54) is 12.3 Å². The summed E-state index contributed by atoms with van der Waals surface area (Å²) < 4.78 is 37.7. The Morgan fingerprint density at radius 3 is 2.58 bits per heavy atom. The van der Waals surface area contributed by atoms with Crippen LogP contribution in [-0.4, -0.2) is 4.98 Å². The van der Waals surface area contributed by atoms with Crippen LogP contribution < -0.4 is 11.1 Å². The van der Waals surface area contributed by atoms with Gasteiger partial charge in [0.05, 0.1) is 17.4 Å². The molecular weight excluding hydrogens is 255 g/mol. The SMILES string of the molecule is Cc1cc(Nc2cccc(C(F)(F)F)c2)ncc1N. The van der Waals surface area contributed by atoms with Gasteiger partial charge in [-0.15, -0.1) is 0 Å². The molecule has 2 aromatic rings. The van der Waals surface area contributed by atoms with Gasteiger partial charge in [-0.1, -0.05) is 6.07 Å². The second-order valence-electron chi connectivity index (χ2n) is 4.13. The number of nitrogen functional groups attached to an aromatic ring is 1. The van der Waals surface area contributed by atoms with Gasteiger partial charge in [0.25, 0.3) is 0 Å². The normalized spacial score (nSPS) is 11.4. The Balaban J connectivity index is 2.26. The largest absolute Gasteiger partial charge is 0.416 e. The molecule has 3 N–H and O–H groups in total. The summed E-state index contributed by atoms with van der Waals surface area (Å²) in [6.07, 6.45) is -2.90. The van der Waals surface area contributed by atoms with E-state index in [1.807, 2.05) is 0 Å². The van der Waals surface area contributed by atoms with E-state index in [2.05, 4.69) is 10.3 Å². The number of aromatic nitrogens is 1. The third-order valence-corrected chi connectivity index (χ3v) is 2.61. The highest BCUT2D eigenvalue weighted by atomic mass is 19.4. The molecule has 2 rings (SSSR count). The monoisotopic (exact) mass is 267 g/mol. The van der Waals surface area contributed by atoms with Crippen LogP contribution in [0.5, 0.6) is 0 Å². The van der Waals surface area contributed by atoms with Crippen molar-refractivity contribution in [1.82, 2.24) is 4.98 Å². The van der Waals surface area contributed by atoms with E-state index in [0.717, 1.165) is 17.7 Å². The molecule has 19 heavy (non-hydrogen) atoms. The fourth-order valence-corrected chi connectivity index (χ4v) is 1.56. The summed E-state index contributed by atoms with van der Waals surface area (Å²) in [4.78, 5) is 4.01. The molecule has 100 valence electrons. The minimum Gasteiger partial charge on any atom is -0.397 e. The smallest absolute Gasteiger partial charge is 0.397 e. The topological polar surface area (TPSA) is 50.9 Å². The van der Waals surface area contributed by atoms with Crippen LogP contribution in [0.1, 0.15) is 11.1 Å². The lowest BCUT2D eigenvalue weighted by Crippen LogP contribution is -2.05. The second-order valence-corrected chi connectivity index (χ2v) is 4.13. The van der Waals surface area contributed by atoms with E-state index in [0.29, 0.717) is 17.2 Å². The molecule has 0 unspecified atom stereocenters. The third kappa shape index (κ3) is 3.15. The minimum absolute atomic E-state index is 0.325. The molecule has 6 heteroatoms. The predicted octanol–water partition coefficient (Wildman–Crippen LogP) is 3.73. The molecular formula is C13H12F3N3. The lowest BCUT2D eigenvalue weighted by atomic mass is 10.2. The summed E-state index contributed by atoms with van der Waals surface area (Å²) in [6.45, 7) is 1.80. The van der Waals surface area contributed by atoms with Gasteiger partial charge < -0.3 is 11.1 Å². The zero-order valence-electron chi connectivity index (χ0n) is 10.1. The van der Waals surface area contributed by atoms with Gasteiger partial charge in [-0.25, -0.2) is 4.98 Å². The molecule has 0 aliphatic rings. The first-order valence-electron chi connectivity index (χ1n) is 5.52. The average molecular weight is 267 g/mol. The van der Waals surface area contributed by atoms with Gasteiger partial charge in [-0.3, -0.25) is 0 Å². The number of pyridine rings is 1. The minimum atomic E-state index is -4.36. The van der Waals surface area contributed by atoms with Crippen LogP contribution in [0.3, 0.4) is 0 Å². The number of alkyl halides is 3. The lowest BCUT2D eigenvalue weighted by molar-refractivity contribution is -0.137. The van der Waals surface area contributed by atoms with E-state index in [-0.39, 0.29) is 0 Å². The zero-order valence-corrected chi connectivity index (χ0v) is 10.1. The van der Waals surface area contributed by atoms with Crippen LogP contribution in [0.15, 0.2) is 36.5 Å². The zero-order chi connectivity index (χ0) is 14.0. The summed E-state index contributed by atoms with van der Waals surface area (Å²) in [7, 11) is 0. The Bertz CT molecular complexity index is 594. The van der Waals surface area contributed by atoms with Crippen molar-refractivity contribution < 1.29 is 13.2 Å². The highest BCUT2D eigenvalue weighted by molar-refractivity contribution is 5.60. The van der Waals surface area contributed by atoms with Crippen molar-refractivity contribution in [2.45, 2.75) is 13.1 Å². The molecule has 3 nitrogen and oxygen atoms in total. The van der Waals surface area contributed by atoms with E-state index in [4.69, 9.17) is 5.73 Å². The van der Waals surface area contributed by atoms with Gasteiger partial charge in [0.2, 0.25) is 0 Å². The molecule has 1 heterocycles. The summed E-state index contributed by atoms with van der Waals surface area (Å²) in [5, 5.41) is 2.82.